The van der Waals surface area contributed by atoms with Crippen molar-refractivity contribution in [1.82, 2.24) is 5.32 Å². The molecule has 1 unspecified atom stereocenters. The highest BCUT2D eigenvalue weighted by atomic mass is 19.1. The predicted molar refractivity (Wildman–Crippen MR) is 84.2 cm³/mol. The molecule has 2 nitrogen and oxygen atoms in total. The Morgan fingerprint density at radius 1 is 1.10 bits per heavy atom. The van der Waals surface area contributed by atoms with E-state index in [0.717, 1.165) is 6.54 Å². The van der Waals surface area contributed by atoms with Gasteiger partial charge in [0.05, 0.1) is 6.04 Å². The Morgan fingerprint density at radius 2 is 1.81 bits per heavy atom. The number of benzene rings is 2. The van der Waals surface area contributed by atoms with Crippen molar-refractivity contribution in [2.45, 2.75) is 26.8 Å². The number of aryl methyl sites for hydroxylation is 2. The molecule has 0 aliphatic heterocycles. The molecule has 1 atom stereocenters. The summed E-state index contributed by atoms with van der Waals surface area (Å²) in [5.41, 5.74) is 3.73. The van der Waals surface area contributed by atoms with Gasteiger partial charge in [0.15, 0.2) is 0 Å². The maximum Gasteiger partial charge on any atom is 0.123 e. The van der Waals surface area contributed by atoms with Gasteiger partial charge >= 0.3 is 0 Å². The summed E-state index contributed by atoms with van der Waals surface area (Å²) >= 11 is 0. The smallest absolute Gasteiger partial charge is 0.123 e. The van der Waals surface area contributed by atoms with Crippen LogP contribution in [-0.4, -0.2) is 13.2 Å². The molecule has 0 bridgehead atoms. The van der Waals surface area contributed by atoms with E-state index in [4.69, 9.17) is 4.74 Å². The van der Waals surface area contributed by atoms with Crippen molar-refractivity contribution in [2.24, 2.45) is 0 Å². The first kappa shape index (κ1) is 15.5. The van der Waals surface area contributed by atoms with E-state index in [9.17, 15) is 4.39 Å². The van der Waals surface area contributed by atoms with Crippen molar-refractivity contribution in [2.75, 3.05) is 13.2 Å². The fourth-order valence-electron chi connectivity index (χ4n) is 2.35. The second kappa shape index (κ2) is 7.23. The largest absolute Gasteiger partial charge is 0.492 e. The second-order valence-electron chi connectivity index (χ2n) is 5.24. The van der Waals surface area contributed by atoms with Crippen molar-refractivity contribution >= 4 is 0 Å². The zero-order valence-corrected chi connectivity index (χ0v) is 12.8. The zero-order chi connectivity index (χ0) is 15.2. The van der Waals surface area contributed by atoms with Crippen LogP contribution < -0.4 is 10.1 Å². The minimum absolute atomic E-state index is 0.125. The first-order valence-electron chi connectivity index (χ1n) is 7.29. The van der Waals surface area contributed by atoms with Crippen LogP contribution in [0.4, 0.5) is 4.39 Å². The van der Waals surface area contributed by atoms with Gasteiger partial charge in [0.25, 0.3) is 0 Å². The Morgan fingerprint density at radius 3 is 2.48 bits per heavy atom. The molecule has 112 valence electrons. The summed E-state index contributed by atoms with van der Waals surface area (Å²) in [5, 5.41) is 3.45. The molecule has 0 amide bonds. The molecule has 0 aliphatic rings. The summed E-state index contributed by atoms with van der Waals surface area (Å²) in [6.07, 6.45) is 0. The third kappa shape index (κ3) is 4.30. The Labute approximate surface area is 126 Å². The highest BCUT2D eigenvalue weighted by molar-refractivity contribution is 5.33. The van der Waals surface area contributed by atoms with Gasteiger partial charge in [-0.3, -0.25) is 0 Å². The van der Waals surface area contributed by atoms with Gasteiger partial charge in [-0.15, -0.1) is 0 Å². The van der Waals surface area contributed by atoms with Crippen molar-refractivity contribution in [3.8, 4) is 5.75 Å². The van der Waals surface area contributed by atoms with Crippen LogP contribution in [0.25, 0.3) is 0 Å². The minimum Gasteiger partial charge on any atom is -0.492 e. The number of hydrogen-bond donors (Lipinski definition) is 1. The lowest BCUT2D eigenvalue weighted by Crippen LogP contribution is -2.27. The first-order valence-corrected chi connectivity index (χ1v) is 7.29. The summed E-state index contributed by atoms with van der Waals surface area (Å²) in [6.45, 7) is 7.66. The minimum atomic E-state index is -0.250. The first-order chi connectivity index (χ1) is 10.1. The molecule has 0 aliphatic carbocycles. The predicted octanol–water partition coefficient (Wildman–Crippen LogP) is 4.17. The monoisotopic (exact) mass is 287 g/mol. The number of rotatable bonds is 6. The van der Waals surface area contributed by atoms with Gasteiger partial charge in [-0.05, 0) is 55.8 Å². The molecule has 0 aromatic heterocycles. The van der Waals surface area contributed by atoms with Crippen molar-refractivity contribution in [1.29, 1.82) is 0 Å². The number of likely N-dealkylation sites (N-methyl/N-ethyl adjacent to an activating group) is 1. The van der Waals surface area contributed by atoms with E-state index in [-0.39, 0.29) is 11.9 Å². The van der Waals surface area contributed by atoms with E-state index < -0.39 is 0 Å². The van der Waals surface area contributed by atoms with E-state index in [1.54, 1.807) is 12.1 Å². The van der Waals surface area contributed by atoms with Crippen LogP contribution in [0.2, 0.25) is 0 Å². The molecule has 2 rings (SSSR count). The molecule has 0 saturated carbocycles. The van der Waals surface area contributed by atoms with E-state index in [2.05, 4.69) is 44.3 Å². The van der Waals surface area contributed by atoms with E-state index in [1.807, 2.05) is 0 Å². The Balaban J connectivity index is 2.11. The van der Waals surface area contributed by atoms with E-state index in [1.165, 1.54) is 28.8 Å². The molecule has 0 spiro atoms. The zero-order valence-electron chi connectivity index (χ0n) is 12.8. The maximum absolute atomic E-state index is 12.9. The van der Waals surface area contributed by atoms with Crippen LogP contribution >= 0.6 is 0 Å². The summed E-state index contributed by atoms with van der Waals surface area (Å²) in [7, 11) is 0. The molecule has 0 radical (unpaired) electrons. The van der Waals surface area contributed by atoms with Gasteiger partial charge in [-0.1, -0.05) is 30.7 Å². The molecule has 3 heteroatoms. The molecule has 2 aromatic rings. The molecule has 0 fully saturated rings. The normalized spacial score (nSPS) is 12.2. The fraction of sp³-hybridized carbons (Fsp3) is 0.333. The topological polar surface area (TPSA) is 21.3 Å². The van der Waals surface area contributed by atoms with Gasteiger partial charge in [-0.2, -0.15) is 0 Å². The molecule has 0 saturated heterocycles. The molecular formula is C18H22FNO. The summed E-state index contributed by atoms with van der Waals surface area (Å²) in [6, 6.07) is 12.7. The van der Waals surface area contributed by atoms with Gasteiger partial charge < -0.3 is 10.1 Å². The van der Waals surface area contributed by atoms with E-state index in [0.29, 0.717) is 12.4 Å². The Hall–Kier alpha value is -1.87. The maximum atomic E-state index is 12.9. The molecule has 1 N–H and O–H groups in total. The van der Waals surface area contributed by atoms with Crippen molar-refractivity contribution in [3.63, 3.8) is 0 Å². The van der Waals surface area contributed by atoms with Gasteiger partial charge in [0.1, 0.15) is 18.2 Å². The van der Waals surface area contributed by atoms with Crippen molar-refractivity contribution < 1.29 is 9.13 Å². The van der Waals surface area contributed by atoms with Crippen LogP contribution in [-0.2, 0) is 0 Å². The Bertz CT molecular complexity index is 580. The highest BCUT2D eigenvalue weighted by Crippen LogP contribution is 2.21. The fourth-order valence-corrected chi connectivity index (χ4v) is 2.35. The SMILES string of the molecule is CCNC(COc1ccc(F)cc1)c1cc(C)ccc1C. The quantitative estimate of drug-likeness (QED) is 0.861. The summed E-state index contributed by atoms with van der Waals surface area (Å²) in [4.78, 5) is 0. The summed E-state index contributed by atoms with van der Waals surface area (Å²) in [5.74, 6) is 0.435. The van der Waals surface area contributed by atoms with E-state index >= 15 is 0 Å². The summed E-state index contributed by atoms with van der Waals surface area (Å²) < 4.78 is 18.7. The Kier molecular flexibility index (Phi) is 5.34. The third-order valence-electron chi connectivity index (χ3n) is 3.49. The van der Waals surface area contributed by atoms with Crippen LogP contribution in [0, 0.1) is 19.7 Å². The second-order valence-corrected chi connectivity index (χ2v) is 5.24. The average Bonchev–Trinajstić information content (AvgIpc) is 2.48. The number of hydrogen-bond acceptors (Lipinski definition) is 2. The number of nitrogens with one attached hydrogen (secondary N) is 1. The lowest BCUT2D eigenvalue weighted by atomic mass is 9.99. The van der Waals surface area contributed by atoms with Crippen LogP contribution in [0.15, 0.2) is 42.5 Å². The van der Waals surface area contributed by atoms with Crippen LogP contribution in [0.5, 0.6) is 5.75 Å². The number of ether oxygens (including phenoxy) is 1. The molecule has 0 heterocycles. The van der Waals surface area contributed by atoms with Gasteiger partial charge in [0.2, 0.25) is 0 Å². The highest BCUT2D eigenvalue weighted by Gasteiger charge is 2.14. The molecule has 21 heavy (non-hydrogen) atoms. The lowest BCUT2D eigenvalue weighted by molar-refractivity contribution is 0.267. The number of halogens is 1. The van der Waals surface area contributed by atoms with Crippen LogP contribution in [0.1, 0.15) is 29.7 Å². The molecule has 2 aromatic carbocycles. The molecular weight excluding hydrogens is 265 g/mol. The standard InChI is InChI=1S/C18H22FNO/c1-4-20-18(17-11-13(2)5-6-14(17)3)12-21-16-9-7-15(19)8-10-16/h5-11,18,20H,4,12H2,1-3H3. The third-order valence-corrected chi connectivity index (χ3v) is 3.49. The van der Waals surface area contributed by atoms with Crippen molar-refractivity contribution in [3.05, 3.63) is 65.0 Å². The van der Waals surface area contributed by atoms with Crippen LogP contribution in [0.3, 0.4) is 0 Å². The van der Waals surface area contributed by atoms with Gasteiger partial charge in [0, 0.05) is 0 Å². The average molecular weight is 287 g/mol. The lowest BCUT2D eigenvalue weighted by Gasteiger charge is -2.21. The van der Waals surface area contributed by atoms with Gasteiger partial charge in [-0.25, -0.2) is 4.39 Å².